The predicted molar refractivity (Wildman–Crippen MR) is 83.7 cm³/mol. The number of ether oxygens (including phenoxy) is 2. The van der Waals surface area contributed by atoms with E-state index >= 15 is 0 Å². The molecule has 0 bridgehead atoms. The van der Waals surface area contributed by atoms with Crippen molar-refractivity contribution in [2.45, 2.75) is 12.5 Å². The highest BCUT2D eigenvalue weighted by Gasteiger charge is 2.31. The van der Waals surface area contributed by atoms with Gasteiger partial charge in [-0.05, 0) is 7.05 Å². The number of carbonyl (C=O) groups excluding carboxylic acids is 1. The maximum absolute atomic E-state index is 12.5. The molecule has 126 valence electrons. The van der Waals surface area contributed by atoms with Crippen molar-refractivity contribution >= 4 is 6.03 Å². The minimum absolute atomic E-state index is 0.0483. The van der Waals surface area contributed by atoms with Gasteiger partial charge in [-0.15, -0.1) is 0 Å². The van der Waals surface area contributed by atoms with E-state index in [1.807, 2.05) is 9.80 Å². The van der Waals surface area contributed by atoms with Crippen molar-refractivity contribution in [1.82, 2.24) is 24.7 Å². The van der Waals surface area contributed by atoms with Crippen molar-refractivity contribution in [2.75, 3.05) is 53.4 Å². The Balaban J connectivity index is 1.52. The summed E-state index contributed by atoms with van der Waals surface area (Å²) >= 11 is 0. The van der Waals surface area contributed by atoms with Crippen LogP contribution in [0.4, 0.5) is 4.79 Å². The van der Waals surface area contributed by atoms with Crippen LogP contribution in [-0.2, 0) is 0 Å². The van der Waals surface area contributed by atoms with Crippen LogP contribution in [0.3, 0.4) is 0 Å². The van der Waals surface area contributed by atoms with Crippen LogP contribution in [0.5, 0.6) is 11.8 Å². The zero-order valence-electron chi connectivity index (χ0n) is 13.6. The van der Waals surface area contributed by atoms with Crippen molar-refractivity contribution in [3.8, 4) is 11.8 Å². The molecule has 8 heteroatoms. The minimum Gasteiger partial charge on any atom is -0.480 e. The summed E-state index contributed by atoms with van der Waals surface area (Å²) in [5.74, 6) is 0.856. The maximum atomic E-state index is 12.5. The van der Waals surface area contributed by atoms with Crippen LogP contribution in [0, 0.1) is 0 Å². The van der Waals surface area contributed by atoms with Crippen molar-refractivity contribution in [3.05, 3.63) is 12.4 Å². The molecule has 1 atom stereocenters. The van der Waals surface area contributed by atoms with Crippen LogP contribution in [0.1, 0.15) is 6.42 Å². The normalized spacial score (nSPS) is 22.3. The number of likely N-dealkylation sites (N-methyl/N-ethyl adjacent to an activating group) is 1. The molecule has 0 N–H and O–H groups in total. The highest BCUT2D eigenvalue weighted by molar-refractivity contribution is 5.75. The van der Waals surface area contributed by atoms with Gasteiger partial charge in [0.05, 0.1) is 26.0 Å². The Labute approximate surface area is 136 Å². The first-order valence-electron chi connectivity index (χ1n) is 7.91. The maximum Gasteiger partial charge on any atom is 0.320 e. The molecule has 2 fully saturated rings. The number of likely N-dealkylation sites (tertiary alicyclic amines) is 1. The fourth-order valence-electron chi connectivity index (χ4n) is 2.85. The molecular formula is C15H23N5O3. The standard InChI is InChI=1S/C15H23N5O3/c1-18-5-7-19(8-6-18)15(21)20-4-3-12(11-20)23-14-10-16-9-13(17-14)22-2/h9-10,12H,3-8,11H2,1-2H3/t12-/m0/s1. The summed E-state index contributed by atoms with van der Waals surface area (Å²) in [4.78, 5) is 26.8. The molecule has 23 heavy (non-hydrogen) atoms. The van der Waals surface area contributed by atoms with Gasteiger partial charge in [0.1, 0.15) is 6.10 Å². The molecule has 3 heterocycles. The third-order valence-corrected chi connectivity index (χ3v) is 4.28. The number of aromatic nitrogens is 2. The second-order valence-electron chi connectivity index (χ2n) is 5.95. The Kier molecular flexibility index (Phi) is 4.80. The first kappa shape index (κ1) is 15.8. The van der Waals surface area contributed by atoms with Gasteiger partial charge in [-0.1, -0.05) is 0 Å². The minimum atomic E-state index is -0.0483. The number of nitrogens with zero attached hydrogens (tertiary/aromatic N) is 5. The quantitative estimate of drug-likeness (QED) is 0.798. The van der Waals surface area contributed by atoms with Gasteiger partial charge in [0, 0.05) is 39.1 Å². The predicted octanol–water partition coefficient (Wildman–Crippen LogP) is 0.306. The number of carbonyl (C=O) groups is 1. The summed E-state index contributed by atoms with van der Waals surface area (Å²) in [5, 5.41) is 0. The molecule has 8 nitrogen and oxygen atoms in total. The van der Waals surface area contributed by atoms with Gasteiger partial charge >= 0.3 is 6.03 Å². The third kappa shape index (κ3) is 3.82. The lowest BCUT2D eigenvalue weighted by Gasteiger charge is -2.34. The van der Waals surface area contributed by atoms with Gasteiger partial charge in [0.25, 0.3) is 0 Å². The molecular weight excluding hydrogens is 298 g/mol. The number of methoxy groups -OCH3 is 1. The summed E-state index contributed by atoms with van der Waals surface area (Å²) < 4.78 is 10.9. The largest absolute Gasteiger partial charge is 0.480 e. The number of hydrogen-bond donors (Lipinski definition) is 0. The van der Waals surface area contributed by atoms with E-state index in [1.165, 1.54) is 6.20 Å². The van der Waals surface area contributed by atoms with Crippen LogP contribution < -0.4 is 9.47 Å². The van der Waals surface area contributed by atoms with Gasteiger partial charge in [-0.3, -0.25) is 4.98 Å². The first-order chi connectivity index (χ1) is 11.2. The molecule has 0 aliphatic carbocycles. The van der Waals surface area contributed by atoms with Crippen molar-refractivity contribution in [2.24, 2.45) is 0 Å². The van der Waals surface area contributed by atoms with Crippen molar-refractivity contribution < 1.29 is 14.3 Å². The number of rotatable bonds is 3. The average molecular weight is 321 g/mol. The lowest BCUT2D eigenvalue weighted by Crippen LogP contribution is -2.51. The molecule has 3 rings (SSSR count). The van der Waals surface area contributed by atoms with E-state index in [1.54, 1.807) is 13.3 Å². The van der Waals surface area contributed by atoms with E-state index in [2.05, 4.69) is 21.9 Å². The Morgan fingerprint density at radius 1 is 1.13 bits per heavy atom. The number of urea groups is 1. The van der Waals surface area contributed by atoms with E-state index < -0.39 is 0 Å². The molecule has 0 aromatic carbocycles. The topological polar surface area (TPSA) is 71.0 Å². The Bertz CT molecular complexity index is 548. The van der Waals surface area contributed by atoms with Gasteiger partial charge in [0.2, 0.25) is 11.8 Å². The fourth-order valence-corrected chi connectivity index (χ4v) is 2.85. The number of hydrogen-bond acceptors (Lipinski definition) is 6. The van der Waals surface area contributed by atoms with Crippen LogP contribution in [0.25, 0.3) is 0 Å². The highest BCUT2D eigenvalue weighted by Crippen LogP contribution is 2.19. The molecule has 0 unspecified atom stereocenters. The lowest BCUT2D eigenvalue weighted by atomic mass is 10.3. The van der Waals surface area contributed by atoms with Crippen LogP contribution in [0.15, 0.2) is 12.4 Å². The SMILES string of the molecule is COc1cncc(O[C@H]2CCN(C(=O)N3CCN(C)CC3)C2)n1. The van der Waals surface area contributed by atoms with Crippen molar-refractivity contribution in [3.63, 3.8) is 0 Å². The molecule has 1 aromatic rings. The van der Waals surface area contributed by atoms with Crippen LogP contribution >= 0.6 is 0 Å². The van der Waals surface area contributed by atoms with Crippen LogP contribution in [-0.4, -0.2) is 90.2 Å². The van der Waals surface area contributed by atoms with Gasteiger partial charge < -0.3 is 24.2 Å². The van der Waals surface area contributed by atoms with Crippen LogP contribution in [0.2, 0.25) is 0 Å². The summed E-state index contributed by atoms with van der Waals surface area (Å²) in [5.41, 5.74) is 0. The van der Waals surface area contributed by atoms with E-state index in [9.17, 15) is 4.79 Å². The first-order valence-corrected chi connectivity index (χ1v) is 7.91. The van der Waals surface area contributed by atoms with Crippen molar-refractivity contribution in [1.29, 1.82) is 0 Å². The fraction of sp³-hybridized carbons (Fsp3) is 0.667. The average Bonchev–Trinajstić information content (AvgIpc) is 3.03. The molecule has 2 aliphatic heterocycles. The summed E-state index contributed by atoms with van der Waals surface area (Å²) in [6, 6.07) is 0.112. The van der Waals surface area contributed by atoms with E-state index in [0.717, 1.165) is 32.6 Å². The monoisotopic (exact) mass is 321 g/mol. The highest BCUT2D eigenvalue weighted by atomic mass is 16.5. The Morgan fingerprint density at radius 2 is 1.87 bits per heavy atom. The molecule has 0 spiro atoms. The Morgan fingerprint density at radius 3 is 2.61 bits per heavy atom. The molecule has 2 amide bonds. The number of amides is 2. The number of piperazine rings is 1. The van der Waals surface area contributed by atoms with Gasteiger partial charge in [-0.2, -0.15) is 4.98 Å². The second-order valence-corrected chi connectivity index (χ2v) is 5.95. The summed E-state index contributed by atoms with van der Waals surface area (Å²) in [6.45, 7) is 4.74. The zero-order chi connectivity index (χ0) is 16.2. The van der Waals surface area contributed by atoms with E-state index in [-0.39, 0.29) is 12.1 Å². The summed E-state index contributed by atoms with van der Waals surface area (Å²) in [7, 11) is 3.62. The molecule has 1 aromatic heterocycles. The molecule has 2 aliphatic rings. The van der Waals surface area contributed by atoms with Gasteiger partial charge in [0.15, 0.2) is 0 Å². The Hall–Kier alpha value is -2.09. The van der Waals surface area contributed by atoms with Gasteiger partial charge in [-0.25, -0.2) is 4.79 Å². The molecule has 0 radical (unpaired) electrons. The molecule has 0 saturated carbocycles. The zero-order valence-corrected chi connectivity index (χ0v) is 13.6. The lowest BCUT2D eigenvalue weighted by molar-refractivity contribution is 0.123. The smallest absolute Gasteiger partial charge is 0.320 e. The molecule has 2 saturated heterocycles. The van der Waals surface area contributed by atoms with E-state index in [0.29, 0.717) is 24.8 Å². The van der Waals surface area contributed by atoms with E-state index in [4.69, 9.17) is 9.47 Å². The third-order valence-electron chi connectivity index (χ3n) is 4.28. The summed E-state index contributed by atoms with van der Waals surface area (Å²) in [6.07, 6.45) is 3.85. The second kappa shape index (κ2) is 6.99.